The van der Waals surface area contributed by atoms with E-state index in [1.807, 2.05) is 42.1 Å². The fourth-order valence-electron chi connectivity index (χ4n) is 6.13. The molecule has 3 aromatic carbocycles. The van der Waals surface area contributed by atoms with Crippen LogP contribution >= 0.6 is 0 Å². The Morgan fingerprint density at radius 1 is 1.15 bits per heavy atom. The molecule has 2 unspecified atom stereocenters. The van der Waals surface area contributed by atoms with E-state index in [0.29, 0.717) is 30.1 Å². The van der Waals surface area contributed by atoms with Crippen molar-refractivity contribution in [1.29, 1.82) is 0 Å². The van der Waals surface area contributed by atoms with E-state index in [0.717, 1.165) is 51.2 Å². The molecule has 0 N–H and O–H groups in total. The fraction of sp³-hybridized carbons (Fsp3) is 0.312. The van der Waals surface area contributed by atoms with Crippen LogP contribution in [0.15, 0.2) is 54.9 Å². The van der Waals surface area contributed by atoms with E-state index in [2.05, 4.69) is 31.0 Å². The molecule has 2 aliphatic rings. The van der Waals surface area contributed by atoms with Gasteiger partial charge in [0.2, 0.25) is 0 Å². The van der Waals surface area contributed by atoms with Gasteiger partial charge in [-0.15, -0.1) is 0 Å². The summed E-state index contributed by atoms with van der Waals surface area (Å²) in [5, 5.41) is 0. The Kier molecular flexibility index (Phi) is 6.37. The van der Waals surface area contributed by atoms with Crippen molar-refractivity contribution in [3.63, 3.8) is 0 Å². The molecule has 200 valence electrons. The molecule has 0 bridgehead atoms. The number of nitrogens with zero attached hydrogens (tertiary/aromatic N) is 2. The molecule has 2 atom stereocenters. The van der Waals surface area contributed by atoms with E-state index >= 15 is 4.39 Å². The van der Waals surface area contributed by atoms with Gasteiger partial charge < -0.3 is 18.8 Å². The minimum Gasteiger partial charge on any atom is -0.492 e. The molecule has 0 saturated carbocycles. The monoisotopic (exact) mass is 526 g/mol. The zero-order valence-corrected chi connectivity index (χ0v) is 22.6. The zero-order valence-electron chi connectivity index (χ0n) is 22.6. The maximum atomic E-state index is 15.3. The van der Waals surface area contributed by atoms with Crippen LogP contribution in [0.2, 0.25) is 0 Å². The summed E-state index contributed by atoms with van der Waals surface area (Å²) < 4.78 is 34.3. The van der Waals surface area contributed by atoms with Crippen LogP contribution in [-0.2, 0) is 23.0 Å². The molecule has 0 amide bonds. The van der Waals surface area contributed by atoms with Gasteiger partial charge in [0, 0.05) is 48.1 Å². The minimum absolute atomic E-state index is 0.0380. The normalized spacial score (nSPS) is 17.5. The first kappa shape index (κ1) is 25.2. The second-order valence-corrected chi connectivity index (χ2v) is 10.5. The zero-order chi connectivity index (χ0) is 27.3. The molecule has 7 heteroatoms. The molecule has 0 fully saturated rings. The van der Waals surface area contributed by atoms with Gasteiger partial charge in [0.15, 0.2) is 0 Å². The number of aromatic nitrogens is 2. The van der Waals surface area contributed by atoms with Crippen molar-refractivity contribution in [2.24, 2.45) is 7.05 Å². The summed E-state index contributed by atoms with van der Waals surface area (Å²) in [6.45, 7) is 4.63. The lowest BCUT2D eigenvalue weighted by Gasteiger charge is -2.19. The SMILES string of the molecule is COC(=O)CC1COc2cc(OC3CCc4c(-c5c(C)cc(-c6nccn6C)cc5C)ccc(F)c43)ccc21. The third-order valence-corrected chi connectivity index (χ3v) is 7.95. The summed E-state index contributed by atoms with van der Waals surface area (Å²) in [4.78, 5) is 16.2. The number of rotatable bonds is 6. The number of imidazole rings is 1. The lowest BCUT2D eigenvalue weighted by molar-refractivity contribution is -0.141. The number of hydrogen-bond donors (Lipinski definition) is 0. The van der Waals surface area contributed by atoms with Crippen molar-refractivity contribution in [3.05, 3.63) is 88.5 Å². The predicted molar refractivity (Wildman–Crippen MR) is 147 cm³/mol. The molecule has 1 aliphatic heterocycles. The molecule has 1 aromatic heterocycles. The van der Waals surface area contributed by atoms with Gasteiger partial charge in [-0.3, -0.25) is 4.79 Å². The van der Waals surface area contributed by atoms with Crippen LogP contribution in [0.3, 0.4) is 0 Å². The maximum Gasteiger partial charge on any atom is 0.306 e. The number of ether oxygens (including phenoxy) is 3. The van der Waals surface area contributed by atoms with Gasteiger partial charge in [0.05, 0.1) is 20.1 Å². The highest BCUT2D eigenvalue weighted by Crippen LogP contribution is 2.45. The average molecular weight is 527 g/mol. The molecule has 1 aliphatic carbocycles. The first-order chi connectivity index (χ1) is 18.8. The van der Waals surface area contributed by atoms with Crippen LogP contribution in [0.5, 0.6) is 11.5 Å². The van der Waals surface area contributed by atoms with Crippen LogP contribution in [0.1, 0.15) is 52.7 Å². The van der Waals surface area contributed by atoms with Crippen molar-refractivity contribution in [3.8, 4) is 34.0 Å². The molecule has 0 spiro atoms. The van der Waals surface area contributed by atoms with Crippen molar-refractivity contribution in [2.75, 3.05) is 13.7 Å². The van der Waals surface area contributed by atoms with E-state index in [4.69, 9.17) is 14.2 Å². The third-order valence-electron chi connectivity index (χ3n) is 7.95. The number of benzene rings is 3. The van der Waals surface area contributed by atoms with E-state index in [1.54, 1.807) is 12.3 Å². The number of fused-ring (bicyclic) bond motifs is 2. The lowest BCUT2D eigenvalue weighted by atomic mass is 9.89. The number of carbonyl (C=O) groups is 1. The summed E-state index contributed by atoms with van der Waals surface area (Å²) in [7, 11) is 3.38. The van der Waals surface area contributed by atoms with Gasteiger partial charge in [-0.05, 0) is 78.8 Å². The van der Waals surface area contributed by atoms with Crippen molar-refractivity contribution in [2.45, 2.75) is 45.1 Å². The second kappa shape index (κ2) is 9.88. The van der Waals surface area contributed by atoms with Crippen LogP contribution in [-0.4, -0.2) is 29.2 Å². The summed E-state index contributed by atoms with van der Waals surface area (Å²) in [5.74, 6) is 1.70. The summed E-state index contributed by atoms with van der Waals surface area (Å²) in [6, 6.07) is 13.4. The van der Waals surface area contributed by atoms with Gasteiger partial charge in [-0.1, -0.05) is 12.1 Å². The Bertz CT molecular complexity index is 1570. The molecular formula is C32H31FN2O4. The first-order valence-electron chi connectivity index (χ1n) is 13.2. The van der Waals surface area contributed by atoms with E-state index in [1.165, 1.54) is 7.11 Å². The van der Waals surface area contributed by atoms with Crippen molar-refractivity contribution >= 4 is 5.97 Å². The number of hydrogen-bond acceptors (Lipinski definition) is 5. The number of esters is 1. The molecular weight excluding hydrogens is 495 g/mol. The average Bonchev–Trinajstić information content (AvgIpc) is 3.64. The molecule has 4 aromatic rings. The highest BCUT2D eigenvalue weighted by molar-refractivity contribution is 5.78. The molecule has 0 saturated heterocycles. The van der Waals surface area contributed by atoms with E-state index in [9.17, 15) is 4.79 Å². The summed E-state index contributed by atoms with van der Waals surface area (Å²) in [5.41, 5.74) is 8.11. The van der Waals surface area contributed by atoms with Crippen molar-refractivity contribution < 1.29 is 23.4 Å². The van der Waals surface area contributed by atoms with Gasteiger partial charge in [-0.2, -0.15) is 0 Å². The van der Waals surface area contributed by atoms with Gasteiger partial charge in [-0.25, -0.2) is 9.37 Å². The smallest absolute Gasteiger partial charge is 0.306 e. The van der Waals surface area contributed by atoms with Crippen molar-refractivity contribution in [1.82, 2.24) is 9.55 Å². The Morgan fingerprint density at radius 3 is 2.67 bits per heavy atom. The number of carbonyl (C=O) groups excluding carboxylic acids is 1. The Labute approximate surface area is 227 Å². The molecule has 6 rings (SSSR count). The maximum absolute atomic E-state index is 15.3. The van der Waals surface area contributed by atoms with E-state index in [-0.39, 0.29) is 24.1 Å². The third kappa shape index (κ3) is 4.46. The molecule has 2 heterocycles. The predicted octanol–water partition coefficient (Wildman–Crippen LogP) is 6.62. The quantitative estimate of drug-likeness (QED) is 0.265. The van der Waals surface area contributed by atoms with Crippen LogP contribution in [0, 0.1) is 19.7 Å². The minimum atomic E-state index is -0.391. The number of aryl methyl sites for hydroxylation is 3. The first-order valence-corrected chi connectivity index (χ1v) is 13.2. The number of methoxy groups -OCH3 is 1. The van der Waals surface area contributed by atoms with Crippen LogP contribution < -0.4 is 9.47 Å². The fourth-order valence-corrected chi connectivity index (χ4v) is 6.13. The highest BCUT2D eigenvalue weighted by Gasteiger charge is 2.32. The standard InChI is InChI=1S/C32H31FN2O4/c1-18-13-20(32-34-11-12-35(32)3)14-19(2)30(18)24-7-9-26(33)31-25(24)8-10-27(31)39-22-5-6-23-21(15-29(36)37-4)17-38-28(23)16-22/h5-7,9,11-14,16,21,27H,8,10,15,17H2,1-4H3. The molecule has 6 nitrogen and oxygen atoms in total. The summed E-state index contributed by atoms with van der Waals surface area (Å²) >= 11 is 0. The Balaban J connectivity index is 1.30. The van der Waals surface area contributed by atoms with Gasteiger partial charge in [0.1, 0.15) is 29.2 Å². The van der Waals surface area contributed by atoms with Crippen LogP contribution in [0.25, 0.3) is 22.5 Å². The van der Waals surface area contributed by atoms with E-state index < -0.39 is 6.10 Å². The topological polar surface area (TPSA) is 62.6 Å². The second-order valence-electron chi connectivity index (χ2n) is 10.5. The number of halogens is 1. The molecule has 39 heavy (non-hydrogen) atoms. The molecule has 0 radical (unpaired) electrons. The Hall–Kier alpha value is -4.13. The highest BCUT2D eigenvalue weighted by atomic mass is 19.1. The van der Waals surface area contributed by atoms with Gasteiger partial charge >= 0.3 is 5.97 Å². The lowest BCUT2D eigenvalue weighted by Crippen LogP contribution is -2.09. The van der Waals surface area contributed by atoms with Crippen LogP contribution in [0.4, 0.5) is 4.39 Å². The van der Waals surface area contributed by atoms with Gasteiger partial charge in [0.25, 0.3) is 0 Å². The summed E-state index contributed by atoms with van der Waals surface area (Å²) in [6.07, 6.45) is 5.04. The largest absolute Gasteiger partial charge is 0.492 e. The Morgan fingerprint density at radius 2 is 1.95 bits per heavy atom.